The molecule has 0 aliphatic heterocycles. The standard InChI is InChI=1S/C20H21ClF3N3O4/c1-12-3-5-16(30-2)15(7-12)27-19(29)10-26-18(28)9-25-14-8-13(21)4-6-17(14)31-11-20(22,23)24/h3-8,25H,9-11H2,1-2H3,(H,26,28)(H,27,29). The van der Waals surface area contributed by atoms with Crippen molar-refractivity contribution in [2.24, 2.45) is 0 Å². The predicted octanol–water partition coefficient (Wildman–Crippen LogP) is 3.76. The fourth-order valence-corrected chi connectivity index (χ4v) is 2.63. The van der Waals surface area contributed by atoms with Crippen LogP contribution in [0.3, 0.4) is 0 Å². The van der Waals surface area contributed by atoms with Crippen LogP contribution in [0.1, 0.15) is 5.56 Å². The van der Waals surface area contributed by atoms with Crippen LogP contribution in [-0.2, 0) is 9.59 Å². The van der Waals surface area contributed by atoms with Gasteiger partial charge in [0.1, 0.15) is 11.5 Å². The Hall–Kier alpha value is -3.14. The number of nitrogens with one attached hydrogen (secondary N) is 3. The summed E-state index contributed by atoms with van der Waals surface area (Å²) in [5.74, 6) is -0.680. The number of anilines is 2. The van der Waals surface area contributed by atoms with Gasteiger partial charge in [-0.3, -0.25) is 9.59 Å². The van der Waals surface area contributed by atoms with Crippen molar-refractivity contribution in [1.29, 1.82) is 0 Å². The molecule has 2 rings (SSSR count). The number of methoxy groups -OCH3 is 1. The van der Waals surface area contributed by atoms with E-state index in [-0.39, 0.29) is 29.5 Å². The predicted molar refractivity (Wildman–Crippen MR) is 111 cm³/mol. The van der Waals surface area contributed by atoms with Crippen LogP contribution in [0.2, 0.25) is 5.02 Å². The van der Waals surface area contributed by atoms with Gasteiger partial charge < -0.3 is 25.4 Å². The average molecular weight is 460 g/mol. The van der Waals surface area contributed by atoms with E-state index < -0.39 is 24.6 Å². The lowest BCUT2D eigenvalue weighted by Gasteiger charge is -2.15. The summed E-state index contributed by atoms with van der Waals surface area (Å²) in [4.78, 5) is 24.1. The Morgan fingerprint density at radius 1 is 1.00 bits per heavy atom. The molecule has 2 amide bonds. The Bertz CT molecular complexity index is 938. The SMILES string of the molecule is COc1ccc(C)cc1NC(=O)CNC(=O)CNc1cc(Cl)ccc1OCC(F)(F)F. The van der Waals surface area contributed by atoms with Gasteiger partial charge in [0.05, 0.1) is 31.6 Å². The minimum Gasteiger partial charge on any atom is -0.495 e. The van der Waals surface area contributed by atoms with Crippen molar-refractivity contribution in [3.8, 4) is 11.5 Å². The van der Waals surface area contributed by atoms with Gasteiger partial charge in [0.25, 0.3) is 0 Å². The first-order valence-corrected chi connectivity index (χ1v) is 9.39. The molecule has 0 unspecified atom stereocenters. The highest BCUT2D eigenvalue weighted by Gasteiger charge is 2.28. The zero-order valence-corrected chi connectivity index (χ0v) is 17.5. The molecule has 2 aromatic carbocycles. The maximum absolute atomic E-state index is 12.4. The second-order valence-electron chi connectivity index (χ2n) is 6.43. The highest BCUT2D eigenvalue weighted by molar-refractivity contribution is 6.30. The van der Waals surface area contributed by atoms with Gasteiger partial charge in [0, 0.05) is 5.02 Å². The van der Waals surface area contributed by atoms with E-state index in [9.17, 15) is 22.8 Å². The monoisotopic (exact) mass is 459 g/mol. The molecule has 0 spiro atoms. The summed E-state index contributed by atoms with van der Waals surface area (Å²) in [6, 6.07) is 9.21. The summed E-state index contributed by atoms with van der Waals surface area (Å²) in [6.07, 6.45) is -4.51. The van der Waals surface area contributed by atoms with Crippen molar-refractivity contribution in [2.75, 3.05) is 37.4 Å². The number of rotatable bonds is 9. The summed E-state index contributed by atoms with van der Waals surface area (Å²) < 4.78 is 47.1. The molecule has 3 N–H and O–H groups in total. The van der Waals surface area contributed by atoms with E-state index in [1.807, 2.05) is 13.0 Å². The van der Waals surface area contributed by atoms with Crippen LogP contribution >= 0.6 is 11.6 Å². The van der Waals surface area contributed by atoms with Crippen molar-refractivity contribution in [2.45, 2.75) is 13.1 Å². The highest BCUT2D eigenvalue weighted by atomic mass is 35.5. The molecular formula is C20H21ClF3N3O4. The maximum Gasteiger partial charge on any atom is 0.422 e. The largest absolute Gasteiger partial charge is 0.495 e. The molecule has 0 radical (unpaired) electrons. The Morgan fingerprint density at radius 2 is 1.71 bits per heavy atom. The lowest BCUT2D eigenvalue weighted by Crippen LogP contribution is -2.36. The van der Waals surface area contributed by atoms with Crippen LogP contribution in [0.15, 0.2) is 36.4 Å². The zero-order chi connectivity index (χ0) is 23.0. The first-order valence-electron chi connectivity index (χ1n) is 9.01. The molecule has 168 valence electrons. The van der Waals surface area contributed by atoms with Gasteiger partial charge in [-0.15, -0.1) is 0 Å². The number of alkyl halides is 3. The summed E-state index contributed by atoms with van der Waals surface area (Å²) in [5.41, 5.74) is 1.49. The number of ether oxygens (including phenoxy) is 2. The van der Waals surface area contributed by atoms with Gasteiger partial charge in [-0.1, -0.05) is 17.7 Å². The third-order valence-corrected chi connectivity index (χ3v) is 4.08. The molecular weight excluding hydrogens is 439 g/mol. The molecule has 0 fully saturated rings. The molecule has 2 aromatic rings. The molecule has 0 saturated heterocycles. The molecule has 0 bridgehead atoms. The van der Waals surface area contributed by atoms with E-state index in [0.29, 0.717) is 11.4 Å². The van der Waals surface area contributed by atoms with Gasteiger partial charge in [-0.25, -0.2) is 0 Å². The first kappa shape index (κ1) is 24.1. The molecule has 7 nitrogen and oxygen atoms in total. The number of carbonyl (C=O) groups excluding carboxylic acids is 2. The van der Waals surface area contributed by atoms with E-state index in [0.717, 1.165) is 5.56 Å². The topological polar surface area (TPSA) is 88.7 Å². The van der Waals surface area contributed by atoms with Crippen LogP contribution in [0, 0.1) is 6.92 Å². The fourth-order valence-electron chi connectivity index (χ4n) is 2.46. The summed E-state index contributed by atoms with van der Waals surface area (Å²) >= 11 is 5.86. The molecule has 0 heterocycles. The van der Waals surface area contributed by atoms with Crippen LogP contribution in [0.25, 0.3) is 0 Å². The van der Waals surface area contributed by atoms with Crippen LogP contribution in [-0.4, -0.2) is 44.8 Å². The highest BCUT2D eigenvalue weighted by Crippen LogP contribution is 2.29. The average Bonchev–Trinajstić information content (AvgIpc) is 2.69. The smallest absolute Gasteiger partial charge is 0.422 e. The van der Waals surface area contributed by atoms with Gasteiger partial charge in [0.15, 0.2) is 6.61 Å². The normalized spacial score (nSPS) is 10.9. The van der Waals surface area contributed by atoms with E-state index in [2.05, 4.69) is 16.0 Å². The third kappa shape index (κ3) is 8.25. The van der Waals surface area contributed by atoms with E-state index >= 15 is 0 Å². The number of hydrogen-bond acceptors (Lipinski definition) is 5. The number of hydrogen-bond donors (Lipinski definition) is 3. The summed E-state index contributed by atoms with van der Waals surface area (Å²) in [5, 5.41) is 7.94. The quantitative estimate of drug-likeness (QED) is 0.531. The maximum atomic E-state index is 12.4. The lowest BCUT2D eigenvalue weighted by molar-refractivity contribution is -0.153. The molecule has 11 heteroatoms. The second kappa shape index (κ2) is 10.8. The number of benzene rings is 2. The van der Waals surface area contributed by atoms with E-state index in [4.69, 9.17) is 21.1 Å². The molecule has 0 aromatic heterocycles. The van der Waals surface area contributed by atoms with E-state index in [1.165, 1.54) is 25.3 Å². The van der Waals surface area contributed by atoms with Gasteiger partial charge in [-0.05, 0) is 42.8 Å². The number of halogens is 4. The van der Waals surface area contributed by atoms with Crippen molar-refractivity contribution in [1.82, 2.24) is 5.32 Å². The molecule has 0 aliphatic carbocycles. The van der Waals surface area contributed by atoms with Gasteiger partial charge in [-0.2, -0.15) is 13.2 Å². The van der Waals surface area contributed by atoms with Crippen molar-refractivity contribution < 1.29 is 32.2 Å². The van der Waals surface area contributed by atoms with Crippen LogP contribution in [0.5, 0.6) is 11.5 Å². The summed E-state index contributed by atoms with van der Waals surface area (Å²) in [6.45, 7) is -0.266. The van der Waals surface area contributed by atoms with Gasteiger partial charge >= 0.3 is 6.18 Å². The van der Waals surface area contributed by atoms with Gasteiger partial charge in [0.2, 0.25) is 11.8 Å². The van der Waals surface area contributed by atoms with Crippen molar-refractivity contribution >= 4 is 34.8 Å². The number of carbonyl (C=O) groups is 2. The molecule has 0 aliphatic rings. The van der Waals surface area contributed by atoms with Crippen LogP contribution in [0.4, 0.5) is 24.5 Å². The second-order valence-corrected chi connectivity index (χ2v) is 6.86. The summed E-state index contributed by atoms with van der Waals surface area (Å²) in [7, 11) is 1.47. The Kier molecular flexibility index (Phi) is 8.38. The molecule has 31 heavy (non-hydrogen) atoms. The number of amides is 2. The number of aryl methyl sites for hydroxylation is 1. The minimum atomic E-state index is -4.51. The van der Waals surface area contributed by atoms with Crippen molar-refractivity contribution in [3.63, 3.8) is 0 Å². The van der Waals surface area contributed by atoms with E-state index in [1.54, 1.807) is 12.1 Å². The Labute approximate surface area is 181 Å². The Morgan fingerprint density at radius 3 is 2.39 bits per heavy atom. The Balaban J connectivity index is 1.88. The zero-order valence-electron chi connectivity index (χ0n) is 16.7. The fraction of sp³-hybridized carbons (Fsp3) is 0.300. The van der Waals surface area contributed by atoms with Crippen molar-refractivity contribution in [3.05, 3.63) is 47.0 Å². The third-order valence-electron chi connectivity index (χ3n) is 3.85. The van der Waals surface area contributed by atoms with Crippen LogP contribution < -0.4 is 25.4 Å². The molecule has 0 atom stereocenters. The lowest BCUT2D eigenvalue weighted by atomic mass is 10.2. The first-order chi connectivity index (χ1) is 14.6. The minimum absolute atomic E-state index is 0.112. The molecule has 0 saturated carbocycles.